The van der Waals surface area contributed by atoms with Crippen LogP contribution in [0, 0.1) is 5.92 Å². The summed E-state index contributed by atoms with van der Waals surface area (Å²) >= 11 is 0. The average Bonchev–Trinajstić information content (AvgIpc) is 2.30. The van der Waals surface area contributed by atoms with E-state index in [9.17, 15) is 0 Å². The molecule has 1 unspecified atom stereocenters. The molecule has 90 valence electrons. The summed E-state index contributed by atoms with van der Waals surface area (Å²) in [7, 11) is 0. The van der Waals surface area contributed by atoms with Crippen LogP contribution in [0.15, 0.2) is 30.3 Å². The maximum Gasteiger partial charge on any atom is 0.0494 e. The SMILES string of the molecule is CCCCCOCC(C)Cc1ccccc1. The molecule has 16 heavy (non-hydrogen) atoms. The van der Waals surface area contributed by atoms with Crippen molar-refractivity contribution in [2.24, 2.45) is 5.92 Å². The van der Waals surface area contributed by atoms with Crippen LogP contribution in [0.3, 0.4) is 0 Å². The van der Waals surface area contributed by atoms with Gasteiger partial charge in [-0.05, 0) is 24.3 Å². The van der Waals surface area contributed by atoms with Crippen molar-refractivity contribution in [1.82, 2.24) is 0 Å². The van der Waals surface area contributed by atoms with Gasteiger partial charge in [-0.3, -0.25) is 0 Å². The van der Waals surface area contributed by atoms with E-state index in [1.807, 2.05) is 0 Å². The number of rotatable bonds is 8. The summed E-state index contributed by atoms with van der Waals surface area (Å²) in [6, 6.07) is 10.6. The van der Waals surface area contributed by atoms with Crippen LogP contribution in [-0.2, 0) is 11.2 Å². The van der Waals surface area contributed by atoms with Gasteiger partial charge in [0.2, 0.25) is 0 Å². The standard InChI is InChI=1S/C15H24O/c1-3-4-8-11-16-13-14(2)12-15-9-6-5-7-10-15/h5-7,9-10,14H,3-4,8,11-13H2,1-2H3. The number of ether oxygens (including phenoxy) is 1. The van der Waals surface area contributed by atoms with Crippen molar-refractivity contribution in [1.29, 1.82) is 0 Å². The molecule has 1 nitrogen and oxygen atoms in total. The van der Waals surface area contributed by atoms with Gasteiger partial charge < -0.3 is 4.74 Å². The van der Waals surface area contributed by atoms with Crippen molar-refractivity contribution in [3.63, 3.8) is 0 Å². The van der Waals surface area contributed by atoms with E-state index >= 15 is 0 Å². The van der Waals surface area contributed by atoms with Gasteiger partial charge in [-0.2, -0.15) is 0 Å². The predicted molar refractivity (Wildman–Crippen MR) is 69.7 cm³/mol. The molecule has 0 aliphatic rings. The van der Waals surface area contributed by atoms with E-state index in [4.69, 9.17) is 4.74 Å². The van der Waals surface area contributed by atoms with Crippen LogP contribution >= 0.6 is 0 Å². The zero-order chi connectivity index (χ0) is 11.6. The fourth-order valence-corrected chi connectivity index (χ4v) is 1.81. The minimum Gasteiger partial charge on any atom is -0.381 e. The molecule has 0 amide bonds. The zero-order valence-corrected chi connectivity index (χ0v) is 10.6. The average molecular weight is 220 g/mol. The van der Waals surface area contributed by atoms with E-state index in [1.165, 1.54) is 24.8 Å². The second kappa shape index (κ2) is 8.35. The van der Waals surface area contributed by atoms with Crippen LogP contribution < -0.4 is 0 Å². The van der Waals surface area contributed by atoms with Gasteiger partial charge in [0.05, 0.1) is 0 Å². The lowest BCUT2D eigenvalue weighted by Gasteiger charge is -2.11. The van der Waals surface area contributed by atoms with E-state index in [0.717, 1.165) is 19.6 Å². The molecule has 0 saturated carbocycles. The highest BCUT2D eigenvalue weighted by Crippen LogP contribution is 2.08. The molecule has 1 rings (SSSR count). The molecular weight excluding hydrogens is 196 g/mol. The van der Waals surface area contributed by atoms with Gasteiger partial charge in [0.25, 0.3) is 0 Å². The van der Waals surface area contributed by atoms with Crippen LogP contribution in [0.1, 0.15) is 38.7 Å². The van der Waals surface area contributed by atoms with E-state index < -0.39 is 0 Å². The normalized spacial score (nSPS) is 12.6. The van der Waals surface area contributed by atoms with Gasteiger partial charge in [0.1, 0.15) is 0 Å². The molecule has 0 aliphatic carbocycles. The smallest absolute Gasteiger partial charge is 0.0494 e. The fraction of sp³-hybridized carbons (Fsp3) is 0.600. The Kier molecular flexibility index (Phi) is 6.91. The minimum absolute atomic E-state index is 0.615. The van der Waals surface area contributed by atoms with Gasteiger partial charge in [0, 0.05) is 13.2 Å². The second-order valence-corrected chi connectivity index (χ2v) is 4.58. The number of hydrogen-bond donors (Lipinski definition) is 0. The van der Waals surface area contributed by atoms with Crippen LogP contribution in [0.5, 0.6) is 0 Å². The third-order valence-electron chi connectivity index (χ3n) is 2.72. The monoisotopic (exact) mass is 220 g/mol. The summed E-state index contributed by atoms with van der Waals surface area (Å²) < 4.78 is 5.67. The molecule has 0 radical (unpaired) electrons. The van der Waals surface area contributed by atoms with Crippen LogP contribution in [-0.4, -0.2) is 13.2 Å². The van der Waals surface area contributed by atoms with Gasteiger partial charge in [-0.25, -0.2) is 0 Å². The molecule has 1 aromatic carbocycles. The summed E-state index contributed by atoms with van der Waals surface area (Å²) in [5.41, 5.74) is 1.41. The Hall–Kier alpha value is -0.820. The first-order valence-corrected chi connectivity index (χ1v) is 6.44. The maximum atomic E-state index is 5.67. The zero-order valence-electron chi connectivity index (χ0n) is 10.6. The molecule has 1 atom stereocenters. The van der Waals surface area contributed by atoms with Crippen LogP contribution in [0.4, 0.5) is 0 Å². The quantitative estimate of drug-likeness (QED) is 0.600. The molecule has 0 aliphatic heterocycles. The summed E-state index contributed by atoms with van der Waals surface area (Å²) in [5.74, 6) is 0.615. The molecule has 0 spiro atoms. The molecule has 0 fully saturated rings. The first kappa shape index (κ1) is 13.2. The highest BCUT2D eigenvalue weighted by molar-refractivity contribution is 5.14. The van der Waals surface area contributed by atoms with Crippen molar-refractivity contribution in [3.8, 4) is 0 Å². The van der Waals surface area contributed by atoms with E-state index in [-0.39, 0.29) is 0 Å². The number of benzene rings is 1. The molecule has 0 aromatic heterocycles. The second-order valence-electron chi connectivity index (χ2n) is 4.58. The predicted octanol–water partition coefficient (Wildman–Crippen LogP) is 4.07. The summed E-state index contributed by atoms with van der Waals surface area (Å²) in [6.45, 7) is 6.29. The van der Waals surface area contributed by atoms with Gasteiger partial charge in [-0.15, -0.1) is 0 Å². The molecule has 0 N–H and O–H groups in total. The van der Waals surface area contributed by atoms with Crippen molar-refractivity contribution in [2.45, 2.75) is 39.5 Å². The van der Waals surface area contributed by atoms with Crippen molar-refractivity contribution in [2.75, 3.05) is 13.2 Å². The third kappa shape index (κ3) is 5.92. The summed E-state index contributed by atoms with van der Waals surface area (Å²) in [6.07, 6.45) is 4.87. The van der Waals surface area contributed by atoms with E-state index in [1.54, 1.807) is 0 Å². The number of hydrogen-bond acceptors (Lipinski definition) is 1. The first-order valence-electron chi connectivity index (χ1n) is 6.44. The molecule has 0 heterocycles. The molecule has 0 bridgehead atoms. The van der Waals surface area contributed by atoms with Gasteiger partial charge in [-0.1, -0.05) is 57.0 Å². The molecule has 1 aromatic rings. The highest BCUT2D eigenvalue weighted by atomic mass is 16.5. The Morgan fingerprint density at radius 2 is 1.88 bits per heavy atom. The molecular formula is C15H24O. The first-order chi connectivity index (χ1) is 7.83. The Balaban J connectivity index is 2.09. The third-order valence-corrected chi connectivity index (χ3v) is 2.72. The largest absolute Gasteiger partial charge is 0.381 e. The van der Waals surface area contributed by atoms with Crippen LogP contribution in [0.2, 0.25) is 0 Å². The van der Waals surface area contributed by atoms with E-state index in [0.29, 0.717) is 5.92 Å². The Labute approximate surface area is 99.8 Å². The molecule has 0 saturated heterocycles. The topological polar surface area (TPSA) is 9.23 Å². The maximum absolute atomic E-state index is 5.67. The Morgan fingerprint density at radius 3 is 2.56 bits per heavy atom. The lowest BCUT2D eigenvalue weighted by molar-refractivity contribution is 0.101. The van der Waals surface area contributed by atoms with Crippen molar-refractivity contribution >= 4 is 0 Å². The number of unbranched alkanes of at least 4 members (excludes halogenated alkanes) is 2. The summed E-state index contributed by atoms with van der Waals surface area (Å²) in [5, 5.41) is 0. The lowest BCUT2D eigenvalue weighted by atomic mass is 10.0. The van der Waals surface area contributed by atoms with E-state index in [2.05, 4.69) is 44.2 Å². The van der Waals surface area contributed by atoms with Crippen molar-refractivity contribution < 1.29 is 4.74 Å². The minimum atomic E-state index is 0.615. The Bertz CT molecular complexity index is 255. The van der Waals surface area contributed by atoms with Gasteiger partial charge in [0.15, 0.2) is 0 Å². The van der Waals surface area contributed by atoms with Crippen LogP contribution in [0.25, 0.3) is 0 Å². The fourth-order valence-electron chi connectivity index (χ4n) is 1.81. The van der Waals surface area contributed by atoms with Crippen molar-refractivity contribution in [3.05, 3.63) is 35.9 Å². The lowest BCUT2D eigenvalue weighted by Crippen LogP contribution is -2.09. The summed E-state index contributed by atoms with van der Waals surface area (Å²) in [4.78, 5) is 0. The molecule has 1 heteroatoms. The Morgan fingerprint density at radius 1 is 1.12 bits per heavy atom. The van der Waals surface area contributed by atoms with Gasteiger partial charge >= 0.3 is 0 Å². The highest BCUT2D eigenvalue weighted by Gasteiger charge is 2.03.